The van der Waals surface area contributed by atoms with E-state index in [0.29, 0.717) is 12.1 Å². The van der Waals surface area contributed by atoms with Gasteiger partial charge in [-0.15, -0.1) is 0 Å². The number of hydrogen-bond donors (Lipinski definition) is 1. The number of amides is 1. The van der Waals surface area contributed by atoms with Crippen LogP contribution >= 0.6 is 11.3 Å². The number of halogens is 1. The van der Waals surface area contributed by atoms with Crippen LogP contribution in [0.15, 0.2) is 41.1 Å². The molecule has 0 aliphatic rings. The minimum atomic E-state index is -0.403. The number of carbonyl (C=O) groups excluding carboxylic acids is 1. The maximum absolute atomic E-state index is 13.1. The van der Waals surface area contributed by atoms with Gasteiger partial charge in [-0.1, -0.05) is 6.07 Å². The first-order valence-corrected chi connectivity index (χ1v) is 7.24. The van der Waals surface area contributed by atoms with E-state index in [1.54, 1.807) is 17.4 Å². The summed E-state index contributed by atoms with van der Waals surface area (Å²) in [5.41, 5.74) is 1.51. The first-order chi connectivity index (χ1) is 9.58. The number of likely N-dealkylation sites (N-methyl/N-ethyl adjacent to an activating group) is 1. The maximum atomic E-state index is 13.1. The van der Waals surface area contributed by atoms with E-state index < -0.39 is 5.82 Å². The van der Waals surface area contributed by atoms with Gasteiger partial charge in [-0.2, -0.15) is 11.3 Å². The van der Waals surface area contributed by atoms with Crippen molar-refractivity contribution in [1.29, 1.82) is 0 Å². The van der Waals surface area contributed by atoms with Crippen molar-refractivity contribution in [2.45, 2.75) is 6.04 Å². The summed E-state index contributed by atoms with van der Waals surface area (Å²) in [6, 6.07) is 7.86. The largest absolute Gasteiger partial charge is 0.350 e. The van der Waals surface area contributed by atoms with Crippen molar-refractivity contribution >= 4 is 17.2 Å². The highest BCUT2D eigenvalue weighted by atomic mass is 32.1. The smallest absolute Gasteiger partial charge is 0.251 e. The Hall–Kier alpha value is -1.72. The zero-order valence-corrected chi connectivity index (χ0v) is 12.3. The number of nitrogens with one attached hydrogen (secondary N) is 1. The number of rotatable bonds is 5. The van der Waals surface area contributed by atoms with Gasteiger partial charge in [0.15, 0.2) is 0 Å². The van der Waals surface area contributed by atoms with Gasteiger partial charge in [0.2, 0.25) is 0 Å². The van der Waals surface area contributed by atoms with Gasteiger partial charge < -0.3 is 10.2 Å². The number of carbonyl (C=O) groups is 1. The van der Waals surface area contributed by atoms with E-state index in [4.69, 9.17) is 0 Å². The van der Waals surface area contributed by atoms with Crippen molar-refractivity contribution in [3.05, 3.63) is 58.0 Å². The quantitative estimate of drug-likeness (QED) is 0.919. The zero-order chi connectivity index (χ0) is 14.5. The SMILES string of the molecule is CN(C)[C@H](CNC(=O)c1cccc(F)c1)c1ccsc1. The third-order valence-electron chi connectivity index (χ3n) is 3.09. The minimum Gasteiger partial charge on any atom is -0.350 e. The summed E-state index contributed by atoms with van der Waals surface area (Å²) in [6.07, 6.45) is 0. The Bertz CT molecular complexity index is 569. The van der Waals surface area contributed by atoms with E-state index >= 15 is 0 Å². The third kappa shape index (κ3) is 3.65. The highest BCUT2D eigenvalue weighted by Gasteiger charge is 2.16. The highest BCUT2D eigenvalue weighted by Crippen LogP contribution is 2.20. The Balaban J connectivity index is 2.01. The van der Waals surface area contributed by atoms with Gasteiger partial charge in [-0.05, 0) is 54.7 Å². The molecule has 0 bridgehead atoms. The van der Waals surface area contributed by atoms with Gasteiger partial charge in [-0.3, -0.25) is 4.79 Å². The lowest BCUT2D eigenvalue weighted by Gasteiger charge is -2.24. The molecule has 1 aromatic carbocycles. The fourth-order valence-corrected chi connectivity index (χ4v) is 2.69. The van der Waals surface area contributed by atoms with Gasteiger partial charge in [-0.25, -0.2) is 4.39 Å². The molecule has 2 aromatic rings. The standard InChI is InChI=1S/C15H17FN2OS/c1-18(2)14(12-6-7-20-10-12)9-17-15(19)11-4-3-5-13(16)8-11/h3-8,10,14H,9H2,1-2H3,(H,17,19)/t14-/m1/s1. The maximum Gasteiger partial charge on any atom is 0.251 e. The summed E-state index contributed by atoms with van der Waals surface area (Å²) < 4.78 is 13.1. The van der Waals surface area contributed by atoms with Crippen LogP contribution in [0.2, 0.25) is 0 Å². The van der Waals surface area contributed by atoms with Crippen LogP contribution < -0.4 is 5.32 Å². The van der Waals surface area contributed by atoms with Crippen LogP contribution in [0.3, 0.4) is 0 Å². The van der Waals surface area contributed by atoms with Crippen LogP contribution in [0.4, 0.5) is 4.39 Å². The van der Waals surface area contributed by atoms with Crippen molar-refractivity contribution < 1.29 is 9.18 Å². The average Bonchev–Trinajstić information content (AvgIpc) is 2.92. The molecule has 1 amide bonds. The van der Waals surface area contributed by atoms with Crippen molar-refractivity contribution in [3.8, 4) is 0 Å². The molecule has 0 unspecified atom stereocenters. The van der Waals surface area contributed by atoms with E-state index in [9.17, 15) is 9.18 Å². The van der Waals surface area contributed by atoms with Crippen LogP contribution in [-0.2, 0) is 0 Å². The Labute approximate surface area is 122 Å². The molecule has 0 aliphatic carbocycles. The summed E-state index contributed by atoms with van der Waals surface area (Å²) in [6.45, 7) is 0.485. The van der Waals surface area contributed by atoms with Gasteiger partial charge in [0.25, 0.3) is 5.91 Å². The second kappa shape index (κ2) is 6.63. The summed E-state index contributed by atoms with van der Waals surface area (Å²) >= 11 is 1.63. The number of thiophene rings is 1. The average molecular weight is 292 g/mol. The number of hydrogen-bond acceptors (Lipinski definition) is 3. The minimum absolute atomic E-state index is 0.110. The summed E-state index contributed by atoms with van der Waals surface area (Å²) in [5, 5.41) is 6.94. The third-order valence-corrected chi connectivity index (χ3v) is 3.80. The Kier molecular flexibility index (Phi) is 4.87. The van der Waals surface area contributed by atoms with Crippen LogP contribution in [0.5, 0.6) is 0 Å². The van der Waals surface area contributed by atoms with Gasteiger partial charge in [0, 0.05) is 12.1 Å². The van der Waals surface area contributed by atoms with Gasteiger partial charge in [0.1, 0.15) is 5.82 Å². The molecule has 20 heavy (non-hydrogen) atoms. The summed E-state index contributed by atoms with van der Waals surface area (Å²) in [7, 11) is 3.94. The van der Waals surface area contributed by atoms with Crippen molar-refractivity contribution in [2.75, 3.05) is 20.6 Å². The predicted molar refractivity (Wildman–Crippen MR) is 79.5 cm³/mol. The Morgan fingerprint density at radius 1 is 1.40 bits per heavy atom. The molecule has 106 valence electrons. The van der Waals surface area contributed by atoms with Crippen LogP contribution in [0.25, 0.3) is 0 Å². The fraction of sp³-hybridized carbons (Fsp3) is 0.267. The van der Waals surface area contributed by atoms with Gasteiger partial charge >= 0.3 is 0 Å². The van der Waals surface area contributed by atoms with Crippen molar-refractivity contribution in [2.24, 2.45) is 0 Å². The number of nitrogens with zero attached hydrogens (tertiary/aromatic N) is 1. The lowest BCUT2D eigenvalue weighted by Crippen LogP contribution is -2.34. The van der Waals surface area contributed by atoms with Gasteiger partial charge in [0.05, 0.1) is 6.04 Å². The molecule has 1 aromatic heterocycles. The molecular formula is C15H17FN2OS. The summed E-state index contributed by atoms with van der Waals surface area (Å²) in [5.74, 6) is -0.661. The normalized spacial score (nSPS) is 12.4. The molecule has 0 spiro atoms. The second-order valence-electron chi connectivity index (χ2n) is 4.76. The Morgan fingerprint density at radius 3 is 2.80 bits per heavy atom. The van der Waals surface area contributed by atoms with E-state index in [1.165, 1.54) is 23.8 Å². The predicted octanol–water partition coefficient (Wildman–Crippen LogP) is 2.92. The Morgan fingerprint density at radius 2 is 2.20 bits per heavy atom. The molecular weight excluding hydrogens is 275 g/mol. The van der Waals surface area contributed by atoms with E-state index in [-0.39, 0.29) is 11.9 Å². The monoisotopic (exact) mass is 292 g/mol. The molecule has 1 heterocycles. The second-order valence-corrected chi connectivity index (χ2v) is 5.54. The first-order valence-electron chi connectivity index (χ1n) is 6.30. The van der Waals surface area contributed by atoms with Crippen LogP contribution in [0.1, 0.15) is 22.0 Å². The van der Waals surface area contributed by atoms with Crippen LogP contribution in [-0.4, -0.2) is 31.4 Å². The molecule has 0 radical (unpaired) electrons. The molecule has 3 nitrogen and oxygen atoms in total. The van der Waals surface area contributed by atoms with Crippen LogP contribution in [0, 0.1) is 5.82 Å². The van der Waals surface area contributed by atoms with E-state index in [2.05, 4.69) is 10.7 Å². The van der Waals surface area contributed by atoms with E-state index in [0.717, 1.165) is 0 Å². The van der Waals surface area contributed by atoms with E-state index in [1.807, 2.05) is 30.4 Å². The molecule has 0 saturated heterocycles. The lowest BCUT2D eigenvalue weighted by atomic mass is 10.1. The molecule has 1 atom stereocenters. The molecule has 0 saturated carbocycles. The van der Waals surface area contributed by atoms with Crippen molar-refractivity contribution in [1.82, 2.24) is 10.2 Å². The fourth-order valence-electron chi connectivity index (χ4n) is 1.98. The highest BCUT2D eigenvalue weighted by molar-refractivity contribution is 7.07. The molecule has 0 aliphatic heterocycles. The lowest BCUT2D eigenvalue weighted by molar-refractivity contribution is 0.0941. The zero-order valence-electron chi connectivity index (χ0n) is 11.5. The summed E-state index contributed by atoms with van der Waals surface area (Å²) in [4.78, 5) is 14.0. The molecule has 2 rings (SSSR count). The first kappa shape index (κ1) is 14.7. The topological polar surface area (TPSA) is 32.3 Å². The molecule has 1 N–H and O–H groups in total. The molecule has 5 heteroatoms. The van der Waals surface area contributed by atoms with Crippen molar-refractivity contribution in [3.63, 3.8) is 0 Å². The molecule has 0 fully saturated rings. The number of benzene rings is 1.